The van der Waals surface area contributed by atoms with E-state index < -0.39 is 0 Å². The number of hydrogen-bond donors (Lipinski definition) is 1. The number of para-hydroxylation sites is 1. The first-order valence-corrected chi connectivity index (χ1v) is 11.1. The zero-order valence-electron chi connectivity index (χ0n) is 18.4. The minimum atomic E-state index is -0.231. The van der Waals surface area contributed by atoms with Crippen LogP contribution in [0, 0.1) is 0 Å². The molecule has 4 rings (SSSR count). The second-order valence-corrected chi connectivity index (χ2v) is 8.59. The zero-order valence-corrected chi connectivity index (χ0v) is 18.4. The maximum atomic E-state index is 13.4. The average molecular weight is 422 g/mol. The van der Waals surface area contributed by atoms with Crippen LogP contribution in [0.3, 0.4) is 0 Å². The van der Waals surface area contributed by atoms with Crippen LogP contribution in [0.2, 0.25) is 0 Å². The van der Waals surface area contributed by atoms with Crippen LogP contribution < -0.4 is 10.2 Å². The van der Waals surface area contributed by atoms with Crippen molar-refractivity contribution in [3.05, 3.63) is 48.2 Å². The molecule has 0 radical (unpaired) electrons. The standard InChI is InChI=1S/C24H31N5O2/c1-27(15-8-10-18-9-5-6-16-28(18)2)17-22(30)29-21-13-4-3-11-19(21)24(31)26-20-12-7-14-25-23(20)29/h3-4,7,11-14,18H,5-6,8-10,15-17H2,1-2H3,(H,26,31). The normalized spacial score (nSPS) is 18.9. The Bertz CT molecular complexity index is 947. The van der Waals surface area contributed by atoms with Gasteiger partial charge in [0.2, 0.25) is 5.91 Å². The largest absolute Gasteiger partial charge is 0.319 e. The number of anilines is 3. The Labute approximate surface area is 184 Å². The predicted octanol–water partition coefficient (Wildman–Crippen LogP) is 3.51. The number of pyridine rings is 1. The van der Waals surface area contributed by atoms with E-state index in [1.165, 1.54) is 25.8 Å². The average Bonchev–Trinajstić information content (AvgIpc) is 2.89. The minimum absolute atomic E-state index is 0.0961. The highest BCUT2D eigenvalue weighted by molar-refractivity contribution is 6.17. The highest BCUT2D eigenvalue weighted by Crippen LogP contribution is 2.36. The van der Waals surface area contributed by atoms with Crippen LogP contribution in [0.4, 0.5) is 17.2 Å². The minimum Gasteiger partial charge on any atom is -0.319 e. The number of likely N-dealkylation sites (N-methyl/N-ethyl adjacent to an activating group) is 1. The number of benzene rings is 1. The number of fused-ring (bicyclic) bond motifs is 2. The molecule has 7 heteroatoms. The van der Waals surface area contributed by atoms with Gasteiger partial charge in [-0.2, -0.15) is 0 Å². The fourth-order valence-corrected chi connectivity index (χ4v) is 4.58. The van der Waals surface area contributed by atoms with E-state index in [4.69, 9.17) is 0 Å². The van der Waals surface area contributed by atoms with Gasteiger partial charge in [-0.3, -0.25) is 19.4 Å². The molecule has 0 spiro atoms. The van der Waals surface area contributed by atoms with Gasteiger partial charge in [-0.1, -0.05) is 18.6 Å². The number of carbonyl (C=O) groups is 2. The summed E-state index contributed by atoms with van der Waals surface area (Å²) in [6.45, 7) is 2.31. The lowest BCUT2D eigenvalue weighted by molar-refractivity contribution is -0.118. The monoisotopic (exact) mass is 421 g/mol. The van der Waals surface area contributed by atoms with Gasteiger partial charge in [0.15, 0.2) is 5.82 Å². The lowest BCUT2D eigenvalue weighted by Gasteiger charge is -2.33. The quantitative estimate of drug-likeness (QED) is 0.773. The molecule has 2 amide bonds. The summed E-state index contributed by atoms with van der Waals surface area (Å²) in [7, 11) is 4.20. The Morgan fingerprint density at radius 3 is 2.90 bits per heavy atom. The Balaban J connectivity index is 1.46. The number of carbonyl (C=O) groups excluding carboxylic acids is 2. The van der Waals surface area contributed by atoms with Gasteiger partial charge in [-0.25, -0.2) is 4.98 Å². The molecule has 1 unspecified atom stereocenters. The molecule has 7 nitrogen and oxygen atoms in total. The lowest BCUT2D eigenvalue weighted by atomic mass is 9.98. The maximum absolute atomic E-state index is 13.4. The van der Waals surface area contributed by atoms with Gasteiger partial charge in [-0.15, -0.1) is 0 Å². The van der Waals surface area contributed by atoms with Crippen molar-refractivity contribution in [3.63, 3.8) is 0 Å². The van der Waals surface area contributed by atoms with E-state index in [0.717, 1.165) is 19.4 Å². The van der Waals surface area contributed by atoms with Gasteiger partial charge in [0, 0.05) is 12.2 Å². The lowest BCUT2D eigenvalue weighted by Crippen LogP contribution is -2.39. The summed E-state index contributed by atoms with van der Waals surface area (Å²) in [5.41, 5.74) is 1.58. The van der Waals surface area contributed by atoms with Crippen molar-refractivity contribution < 1.29 is 9.59 Å². The number of piperidine rings is 1. The van der Waals surface area contributed by atoms with Crippen molar-refractivity contribution in [3.8, 4) is 0 Å². The molecule has 1 N–H and O–H groups in total. The highest BCUT2D eigenvalue weighted by atomic mass is 16.2. The molecule has 0 aliphatic carbocycles. The zero-order chi connectivity index (χ0) is 21.8. The van der Waals surface area contributed by atoms with E-state index in [2.05, 4.69) is 27.1 Å². The van der Waals surface area contributed by atoms with Crippen LogP contribution in [-0.2, 0) is 4.79 Å². The SMILES string of the molecule is CN(CCCC1CCCCN1C)CC(=O)N1c2ccccc2C(=O)Nc2cccnc21. The molecule has 2 aliphatic rings. The third kappa shape index (κ3) is 4.78. The van der Waals surface area contributed by atoms with Crippen molar-refractivity contribution in [1.29, 1.82) is 0 Å². The topological polar surface area (TPSA) is 68.8 Å². The summed E-state index contributed by atoms with van der Waals surface area (Å²) < 4.78 is 0. The van der Waals surface area contributed by atoms with Crippen molar-refractivity contribution in [2.24, 2.45) is 0 Å². The Morgan fingerprint density at radius 1 is 1.23 bits per heavy atom. The molecule has 0 bridgehead atoms. The van der Waals surface area contributed by atoms with E-state index >= 15 is 0 Å². The number of nitrogens with one attached hydrogen (secondary N) is 1. The number of aromatic nitrogens is 1. The Morgan fingerprint density at radius 2 is 2.06 bits per heavy atom. The van der Waals surface area contributed by atoms with E-state index in [-0.39, 0.29) is 18.4 Å². The van der Waals surface area contributed by atoms with E-state index in [1.807, 2.05) is 13.1 Å². The fourth-order valence-electron chi connectivity index (χ4n) is 4.58. The molecule has 1 saturated heterocycles. The number of amides is 2. The molecule has 2 aliphatic heterocycles. The highest BCUT2D eigenvalue weighted by Gasteiger charge is 2.30. The molecule has 1 fully saturated rings. The van der Waals surface area contributed by atoms with Gasteiger partial charge in [0.1, 0.15) is 0 Å². The second kappa shape index (κ2) is 9.58. The third-order valence-electron chi connectivity index (χ3n) is 6.29. The molecule has 3 heterocycles. The summed E-state index contributed by atoms with van der Waals surface area (Å²) in [5, 5.41) is 2.88. The Hall–Kier alpha value is -2.77. The van der Waals surface area contributed by atoms with Gasteiger partial charge in [0.25, 0.3) is 5.91 Å². The molecular formula is C24H31N5O2. The van der Waals surface area contributed by atoms with Crippen LogP contribution in [0.1, 0.15) is 42.5 Å². The number of rotatable bonds is 6. The first-order valence-electron chi connectivity index (χ1n) is 11.1. The van der Waals surface area contributed by atoms with Crippen LogP contribution >= 0.6 is 0 Å². The van der Waals surface area contributed by atoms with Crippen LogP contribution in [-0.4, -0.2) is 66.4 Å². The van der Waals surface area contributed by atoms with E-state index in [0.29, 0.717) is 28.8 Å². The van der Waals surface area contributed by atoms with Crippen molar-refractivity contribution >= 4 is 29.0 Å². The van der Waals surface area contributed by atoms with Crippen molar-refractivity contribution in [2.75, 3.05) is 43.9 Å². The second-order valence-electron chi connectivity index (χ2n) is 8.59. The van der Waals surface area contributed by atoms with Gasteiger partial charge in [0.05, 0.1) is 23.5 Å². The molecule has 1 aromatic heterocycles. The predicted molar refractivity (Wildman–Crippen MR) is 123 cm³/mol. The first kappa shape index (κ1) is 21.5. The first-order chi connectivity index (χ1) is 15.0. The molecule has 164 valence electrons. The maximum Gasteiger partial charge on any atom is 0.257 e. The third-order valence-corrected chi connectivity index (χ3v) is 6.29. The Kier molecular flexibility index (Phi) is 6.63. The molecule has 2 aromatic rings. The van der Waals surface area contributed by atoms with Crippen LogP contribution in [0.5, 0.6) is 0 Å². The summed E-state index contributed by atoms with van der Waals surface area (Å²) in [6, 6.07) is 11.4. The molecular weight excluding hydrogens is 390 g/mol. The van der Waals surface area contributed by atoms with E-state index in [9.17, 15) is 9.59 Å². The van der Waals surface area contributed by atoms with Crippen molar-refractivity contribution in [2.45, 2.75) is 38.1 Å². The summed E-state index contributed by atoms with van der Waals surface area (Å²) in [4.78, 5) is 36.6. The van der Waals surface area contributed by atoms with Gasteiger partial charge in [-0.05, 0) is 77.1 Å². The molecule has 0 saturated carbocycles. The fraction of sp³-hybridized carbons (Fsp3) is 0.458. The van der Waals surface area contributed by atoms with Crippen LogP contribution in [0.25, 0.3) is 0 Å². The number of likely N-dealkylation sites (tertiary alicyclic amines) is 1. The molecule has 31 heavy (non-hydrogen) atoms. The summed E-state index contributed by atoms with van der Waals surface area (Å²) in [5.74, 6) is 0.134. The molecule has 1 aromatic carbocycles. The van der Waals surface area contributed by atoms with Crippen molar-refractivity contribution in [1.82, 2.24) is 14.8 Å². The van der Waals surface area contributed by atoms with Gasteiger partial charge < -0.3 is 10.2 Å². The summed E-state index contributed by atoms with van der Waals surface area (Å²) in [6.07, 6.45) is 7.74. The summed E-state index contributed by atoms with van der Waals surface area (Å²) >= 11 is 0. The van der Waals surface area contributed by atoms with Crippen LogP contribution in [0.15, 0.2) is 42.6 Å². The smallest absolute Gasteiger partial charge is 0.257 e. The molecule has 1 atom stereocenters. The van der Waals surface area contributed by atoms with Gasteiger partial charge >= 0.3 is 0 Å². The number of nitrogens with zero attached hydrogens (tertiary/aromatic N) is 4. The van der Waals surface area contributed by atoms with E-state index in [1.54, 1.807) is 41.4 Å². The number of hydrogen-bond acceptors (Lipinski definition) is 5.